The molecule has 0 saturated carbocycles. The molecule has 87 heavy (non-hydrogen) atoms. The van der Waals surface area contributed by atoms with Crippen LogP contribution >= 0.6 is 7.82 Å². The van der Waals surface area contributed by atoms with E-state index in [1.165, 1.54) is 302 Å². The quantitative estimate of drug-likeness (QED) is 0.0243. The molecule has 0 aromatic rings. The van der Waals surface area contributed by atoms with Crippen LogP contribution in [0.4, 0.5) is 0 Å². The zero-order valence-corrected chi connectivity index (χ0v) is 59.9. The van der Waals surface area contributed by atoms with E-state index in [2.05, 4.69) is 67.8 Å². The van der Waals surface area contributed by atoms with Crippen molar-refractivity contribution in [3.05, 3.63) is 48.6 Å². The van der Waals surface area contributed by atoms with Crippen LogP contribution in [0.3, 0.4) is 0 Å². The summed E-state index contributed by atoms with van der Waals surface area (Å²) in [5, 5.41) is 14.2. The van der Waals surface area contributed by atoms with Gasteiger partial charge in [0.05, 0.1) is 39.9 Å². The molecule has 0 aliphatic rings. The zero-order valence-electron chi connectivity index (χ0n) is 59.0. The third-order valence-corrected chi connectivity index (χ3v) is 18.8. The van der Waals surface area contributed by atoms with Gasteiger partial charge >= 0.3 is 7.82 Å². The molecule has 3 unspecified atom stereocenters. The Kier molecular flexibility index (Phi) is 67.6. The van der Waals surface area contributed by atoms with Gasteiger partial charge < -0.3 is 19.8 Å². The van der Waals surface area contributed by atoms with Crippen molar-refractivity contribution in [2.45, 2.75) is 405 Å². The fraction of sp³-hybridized carbons (Fsp3) is 0.885. The number of unbranched alkanes of at least 4 members (excludes halogenated alkanes) is 51. The first kappa shape index (κ1) is 85.5. The molecule has 0 rings (SSSR count). The number of amides is 1. The number of rotatable bonds is 72. The van der Waals surface area contributed by atoms with E-state index in [1.54, 1.807) is 0 Å². The molecule has 0 heterocycles. The number of phosphoric acid groups is 1. The molecule has 0 saturated heterocycles. The summed E-state index contributed by atoms with van der Waals surface area (Å²) >= 11 is 0. The Morgan fingerprint density at radius 3 is 1.01 bits per heavy atom. The number of nitrogens with zero attached hydrogens (tertiary/aromatic N) is 1. The Bertz CT molecular complexity index is 1560. The van der Waals surface area contributed by atoms with E-state index in [-0.39, 0.29) is 19.1 Å². The average molecular weight is 1250 g/mol. The minimum absolute atomic E-state index is 0.0768. The number of quaternary nitrogens is 1. The van der Waals surface area contributed by atoms with E-state index < -0.39 is 20.0 Å². The van der Waals surface area contributed by atoms with Gasteiger partial charge in [-0.1, -0.05) is 383 Å². The van der Waals surface area contributed by atoms with E-state index >= 15 is 0 Å². The highest BCUT2D eigenvalue weighted by molar-refractivity contribution is 7.47. The Morgan fingerprint density at radius 2 is 0.690 bits per heavy atom. The van der Waals surface area contributed by atoms with Crippen LogP contribution < -0.4 is 5.32 Å². The number of carbonyl (C=O) groups excluding carboxylic acids is 1. The number of carbonyl (C=O) groups is 1. The van der Waals surface area contributed by atoms with Gasteiger partial charge in [0.2, 0.25) is 5.91 Å². The fourth-order valence-corrected chi connectivity index (χ4v) is 12.7. The zero-order chi connectivity index (χ0) is 63.4. The van der Waals surface area contributed by atoms with Gasteiger partial charge in [-0.05, 0) is 51.4 Å². The van der Waals surface area contributed by atoms with Crippen LogP contribution in [-0.4, -0.2) is 73.4 Å². The summed E-state index contributed by atoms with van der Waals surface area (Å²) in [7, 11) is 1.64. The summed E-state index contributed by atoms with van der Waals surface area (Å²) < 4.78 is 24.0. The van der Waals surface area contributed by atoms with Crippen LogP contribution in [0.2, 0.25) is 0 Å². The second-order valence-electron chi connectivity index (χ2n) is 27.7. The van der Waals surface area contributed by atoms with Crippen molar-refractivity contribution >= 4 is 13.7 Å². The van der Waals surface area contributed by atoms with E-state index in [4.69, 9.17) is 9.05 Å². The molecule has 0 radical (unpaired) electrons. The molecule has 0 aliphatic carbocycles. The Hall–Kier alpha value is -1.54. The first-order valence-electron chi connectivity index (χ1n) is 38.5. The lowest BCUT2D eigenvalue weighted by atomic mass is 10.0. The van der Waals surface area contributed by atoms with Gasteiger partial charge in [-0.15, -0.1) is 0 Å². The number of hydrogen-bond donors (Lipinski definition) is 3. The van der Waals surface area contributed by atoms with Crippen molar-refractivity contribution in [2.24, 2.45) is 0 Å². The summed E-state index contributed by atoms with van der Waals surface area (Å²) in [5.41, 5.74) is 0. The maximum atomic E-state index is 13.1. The van der Waals surface area contributed by atoms with Crippen LogP contribution in [0.5, 0.6) is 0 Å². The molecule has 514 valence electrons. The second kappa shape index (κ2) is 68.8. The SMILES string of the molecule is CC/C=C\C/C=C\C/C=C\C/C=C\CCCCCCCCCCCCCCCCCCCCCCCCC(=O)NC(COP(=O)(O)OCC[N+](C)(C)C)C(O)CCCCCCCCCCCCCCCCCCCCCCCCCCCCCCCC. The summed E-state index contributed by atoms with van der Waals surface area (Å²) in [4.78, 5) is 23.5. The number of nitrogens with one attached hydrogen (secondary N) is 1. The summed E-state index contributed by atoms with van der Waals surface area (Å²) in [6.45, 7) is 4.84. The molecule has 3 atom stereocenters. The third-order valence-electron chi connectivity index (χ3n) is 17.8. The molecular formula is C78H152N2O6P+. The minimum atomic E-state index is -4.33. The van der Waals surface area contributed by atoms with Crippen molar-refractivity contribution < 1.29 is 32.9 Å². The number of likely N-dealkylation sites (N-methyl/N-ethyl adjacent to an activating group) is 1. The molecule has 0 aromatic heterocycles. The number of phosphoric ester groups is 1. The number of allylic oxidation sites excluding steroid dienone is 8. The third kappa shape index (κ3) is 71.8. The van der Waals surface area contributed by atoms with Crippen LogP contribution in [0.25, 0.3) is 0 Å². The number of aliphatic hydroxyl groups excluding tert-OH is 1. The van der Waals surface area contributed by atoms with Crippen molar-refractivity contribution in [1.29, 1.82) is 0 Å². The molecule has 0 aliphatic heterocycles. The molecule has 0 spiro atoms. The molecular weight excluding hydrogens is 1090 g/mol. The summed E-state index contributed by atoms with van der Waals surface area (Å²) in [5.74, 6) is -0.136. The Balaban J connectivity index is 3.94. The van der Waals surface area contributed by atoms with Crippen LogP contribution in [0.1, 0.15) is 393 Å². The highest BCUT2D eigenvalue weighted by Gasteiger charge is 2.28. The highest BCUT2D eigenvalue weighted by atomic mass is 31.2. The lowest BCUT2D eigenvalue weighted by molar-refractivity contribution is -0.870. The van der Waals surface area contributed by atoms with Gasteiger partial charge in [0, 0.05) is 6.42 Å². The largest absolute Gasteiger partial charge is 0.472 e. The van der Waals surface area contributed by atoms with Gasteiger partial charge in [0.15, 0.2) is 0 Å². The van der Waals surface area contributed by atoms with Crippen molar-refractivity contribution in [1.82, 2.24) is 5.32 Å². The Labute approximate surface area is 543 Å². The molecule has 9 heteroatoms. The average Bonchev–Trinajstić information content (AvgIpc) is 3.70. The minimum Gasteiger partial charge on any atom is -0.391 e. The van der Waals surface area contributed by atoms with Crippen LogP contribution in [0, 0.1) is 0 Å². The van der Waals surface area contributed by atoms with Gasteiger partial charge in [0.1, 0.15) is 13.2 Å². The lowest BCUT2D eigenvalue weighted by Gasteiger charge is -2.26. The number of hydrogen-bond acceptors (Lipinski definition) is 5. The monoisotopic (exact) mass is 1240 g/mol. The van der Waals surface area contributed by atoms with Crippen LogP contribution in [-0.2, 0) is 18.4 Å². The summed E-state index contributed by atoms with van der Waals surface area (Å²) in [6.07, 6.45) is 93.9. The normalized spacial score (nSPS) is 13.8. The van der Waals surface area contributed by atoms with Crippen LogP contribution in [0.15, 0.2) is 48.6 Å². The van der Waals surface area contributed by atoms with Gasteiger partial charge in [0.25, 0.3) is 0 Å². The highest BCUT2D eigenvalue weighted by Crippen LogP contribution is 2.43. The van der Waals surface area contributed by atoms with Gasteiger partial charge in [-0.2, -0.15) is 0 Å². The van der Waals surface area contributed by atoms with Crippen molar-refractivity contribution in [3.63, 3.8) is 0 Å². The molecule has 8 nitrogen and oxygen atoms in total. The maximum Gasteiger partial charge on any atom is 0.472 e. The standard InChI is InChI=1S/C78H151N2O6P/c1-6-8-10-12-14-16-18-20-22-24-26-28-30-32-34-36-38-39-40-41-42-44-46-48-50-52-54-56-58-60-62-64-66-68-70-72-78(82)79-76(75-86-87(83,84)85-74-73-80(3,4)5)77(81)71-69-67-65-63-61-59-57-55-53-51-49-47-45-43-37-35-33-31-29-27-25-23-21-19-17-15-13-11-9-7-2/h8,10,14,16,20,22,26,28,76-77,81H,6-7,9,11-13,15,17-19,21,23-25,27,29-75H2,1-5H3,(H-,79,82,83,84)/p+1/b10-8-,16-14-,22-20-,28-26-. The Morgan fingerprint density at radius 1 is 0.402 bits per heavy atom. The molecule has 0 fully saturated rings. The first-order valence-corrected chi connectivity index (χ1v) is 40.0. The van der Waals surface area contributed by atoms with Gasteiger partial charge in [-0.3, -0.25) is 13.8 Å². The van der Waals surface area contributed by atoms with E-state index in [0.717, 1.165) is 64.2 Å². The van der Waals surface area contributed by atoms with E-state index in [9.17, 15) is 19.4 Å². The second-order valence-corrected chi connectivity index (χ2v) is 29.2. The maximum absolute atomic E-state index is 13.1. The topological polar surface area (TPSA) is 105 Å². The molecule has 0 aromatic carbocycles. The molecule has 3 N–H and O–H groups in total. The van der Waals surface area contributed by atoms with Gasteiger partial charge in [-0.25, -0.2) is 4.57 Å². The first-order chi connectivity index (χ1) is 42.5. The van der Waals surface area contributed by atoms with E-state index in [0.29, 0.717) is 23.9 Å². The fourth-order valence-electron chi connectivity index (χ4n) is 11.9. The van der Waals surface area contributed by atoms with E-state index in [1.807, 2.05) is 21.1 Å². The predicted molar refractivity (Wildman–Crippen MR) is 383 cm³/mol. The predicted octanol–water partition coefficient (Wildman–Crippen LogP) is 25.0. The number of aliphatic hydroxyl groups is 1. The molecule has 0 bridgehead atoms. The smallest absolute Gasteiger partial charge is 0.391 e. The lowest BCUT2D eigenvalue weighted by Crippen LogP contribution is -2.46. The van der Waals surface area contributed by atoms with Crippen molar-refractivity contribution in [2.75, 3.05) is 40.9 Å². The van der Waals surface area contributed by atoms with Crippen molar-refractivity contribution in [3.8, 4) is 0 Å². The molecule has 1 amide bonds. The summed E-state index contributed by atoms with van der Waals surface area (Å²) in [6, 6.07) is -0.762.